The van der Waals surface area contributed by atoms with Gasteiger partial charge in [0.15, 0.2) is 0 Å². The van der Waals surface area contributed by atoms with Gasteiger partial charge in [-0.05, 0) is 18.4 Å². The molecule has 0 aliphatic carbocycles. The van der Waals surface area contributed by atoms with Crippen molar-refractivity contribution in [3.63, 3.8) is 0 Å². The monoisotopic (exact) mass is 318 g/mol. The molecule has 3 aromatic carbocycles. The van der Waals surface area contributed by atoms with Gasteiger partial charge in [-0.15, -0.1) is 0 Å². The predicted octanol–water partition coefficient (Wildman–Crippen LogP) is 7.18. The standard InChI is InChI=1S/C12H18.2C6H6/c1-2-3-4-6-9-12-10-7-5-8-11-12;2*1-2-4-6-5-3-1/h5,7-8,10-11H,2-4,6,9H2,1H3;2*1-6H. The van der Waals surface area contributed by atoms with E-state index in [4.69, 9.17) is 0 Å². The summed E-state index contributed by atoms with van der Waals surface area (Å²) in [5.74, 6) is 0. The van der Waals surface area contributed by atoms with E-state index in [1.54, 1.807) is 0 Å². The summed E-state index contributed by atoms with van der Waals surface area (Å²) in [6, 6.07) is 34.7. The van der Waals surface area contributed by atoms with Gasteiger partial charge in [-0.1, -0.05) is 129 Å². The maximum atomic E-state index is 2.25. The topological polar surface area (TPSA) is 0 Å². The highest BCUT2D eigenvalue weighted by atomic mass is 14.0. The Bertz CT molecular complexity index is 473. The molecule has 126 valence electrons. The van der Waals surface area contributed by atoms with Crippen LogP contribution in [0.3, 0.4) is 0 Å². The van der Waals surface area contributed by atoms with Crippen LogP contribution in [-0.2, 0) is 6.42 Å². The molecule has 0 aliphatic heterocycles. The zero-order chi connectivity index (χ0) is 17.1. The summed E-state index contributed by atoms with van der Waals surface area (Å²) in [5, 5.41) is 0. The van der Waals surface area contributed by atoms with E-state index in [9.17, 15) is 0 Å². The van der Waals surface area contributed by atoms with Crippen molar-refractivity contribution in [2.24, 2.45) is 0 Å². The van der Waals surface area contributed by atoms with Gasteiger partial charge in [0, 0.05) is 0 Å². The zero-order valence-corrected chi connectivity index (χ0v) is 14.9. The molecule has 0 unspecified atom stereocenters. The van der Waals surface area contributed by atoms with Gasteiger partial charge in [0.05, 0.1) is 0 Å². The van der Waals surface area contributed by atoms with Gasteiger partial charge in [0.2, 0.25) is 0 Å². The van der Waals surface area contributed by atoms with Crippen LogP contribution in [0.5, 0.6) is 0 Å². The minimum absolute atomic E-state index is 1.25. The summed E-state index contributed by atoms with van der Waals surface area (Å²) in [7, 11) is 0. The molecule has 3 rings (SSSR count). The van der Waals surface area contributed by atoms with Crippen LogP contribution in [0, 0.1) is 0 Å². The van der Waals surface area contributed by atoms with E-state index in [0.29, 0.717) is 0 Å². The van der Waals surface area contributed by atoms with Crippen molar-refractivity contribution < 1.29 is 0 Å². The van der Waals surface area contributed by atoms with Gasteiger partial charge < -0.3 is 0 Å². The highest BCUT2D eigenvalue weighted by Gasteiger charge is 1.90. The molecule has 0 aromatic heterocycles. The van der Waals surface area contributed by atoms with E-state index in [0.717, 1.165) is 0 Å². The number of rotatable bonds is 5. The molecule has 0 saturated carbocycles. The van der Waals surface area contributed by atoms with Crippen LogP contribution in [0.4, 0.5) is 0 Å². The van der Waals surface area contributed by atoms with Crippen molar-refractivity contribution in [2.75, 3.05) is 0 Å². The van der Waals surface area contributed by atoms with Crippen LogP contribution in [0.25, 0.3) is 0 Å². The Hall–Kier alpha value is -2.34. The molecule has 0 fully saturated rings. The molecule has 0 N–H and O–H groups in total. The second kappa shape index (κ2) is 15.6. The smallest absolute Gasteiger partial charge is 0.0279 e. The van der Waals surface area contributed by atoms with Crippen molar-refractivity contribution >= 4 is 0 Å². The molecular weight excluding hydrogens is 288 g/mol. The molecule has 3 aromatic rings. The fourth-order valence-electron chi connectivity index (χ4n) is 2.17. The largest absolute Gasteiger partial charge is 0.0654 e. The molecule has 0 saturated heterocycles. The van der Waals surface area contributed by atoms with Crippen molar-refractivity contribution in [1.29, 1.82) is 0 Å². The Morgan fingerprint density at radius 2 is 0.833 bits per heavy atom. The van der Waals surface area contributed by atoms with Crippen molar-refractivity contribution in [3.8, 4) is 0 Å². The van der Waals surface area contributed by atoms with Gasteiger partial charge >= 0.3 is 0 Å². The molecule has 24 heavy (non-hydrogen) atoms. The van der Waals surface area contributed by atoms with Crippen LogP contribution in [0.1, 0.15) is 38.2 Å². The Labute approximate surface area is 148 Å². The van der Waals surface area contributed by atoms with E-state index in [1.807, 2.05) is 72.8 Å². The minimum Gasteiger partial charge on any atom is -0.0654 e. The normalized spacial score (nSPS) is 9.04. The molecule has 0 heteroatoms. The number of benzene rings is 3. The maximum absolute atomic E-state index is 2.25. The lowest BCUT2D eigenvalue weighted by Crippen LogP contribution is -1.84. The third-order valence-electron chi connectivity index (χ3n) is 3.50. The fraction of sp³-hybridized carbons (Fsp3) is 0.250. The molecule has 0 amide bonds. The van der Waals surface area contributed by atoms with E-state index in [-0.39, 0.29) is 0 Å². The highest BCUT2D eigenvalue weighted by molar-refractivity contribution is 5.14. The predicted molar refractivity (Wildman–Crippen MR) is 107 cm³/mol. The quantitative estimate of drug-likeness (QED) is 0.437. The first kappa shape index (κ1) is 19.7. The Kier molecular flexibility index (Phi) is 12.8. The van der Waals surface area contributed by atoms with Gasteiger partial charge in [0.25, 0.3) is 0 Å². The average Bonchev–Trinajstić information content (AvgIpc) is 2.70. The van der Waals surface area contributed by atoms with E-state index >= 15 is 0 Å². The van der Waals surface area contributed by atoms with E-state index < -0.39 is 0 Å². The van der Waals surface area contributed by atoms with E-state index in [2.05, 4.69) is 37.3 Å². The van der Waals surface area contributed by atoms with Gasteiger partial charge in [-0.2, -0.15) is 0 Å². The molecule has 0 heterocycles. The Morgan fingerprint density at radius 1 is 0.458 bits per heavy atom. The first-order chi connectivity index (χ1) is 11.9. The number of hydrogen-bond donors (Lipinski definition) is 0. The molecular formula is C24H30. The maximum Gasteiger partial charge on any atom is -0.0279 e. The van der Waals surface area contributed by atoms with Crippen molar-refractivity contribution in [1.82, 2.24) is 0 Å². The molecule has 0 spiro atoms. The summed E-state index contributed by atoms with van der Waals surface area (Å²) in [6.45, 7) is 2.25. The summed E-state index contributed by atoms with van der Waals surface area (Å²) >= 11 is 0. The first-order valence-corrected chi connectivity index (χ1v) is 8.97. The Morgan fingerprint density at radius 3 is 1.21 bits per heavy atom. The average molecular weight is 319 g/mol. The van der Waals surface area contributed by atoms with Crippen LogP contribution in [0.15, 0.2) is 103 Å². The zero-order valence-electron chi connectivity index (χ0n) is 14.9. The van der Waals surface area contributed by atoms with Gasteiger partial charge in [-0.3, -0.25) is 0 Å². The highest BCUT2D eigenvalue weighted by Crippen LogP contribution is 2.06. The molecule has 0 atom stereocenters. The van der Waals surface area contributed by atoms with Crippen LogP contribution in [-0.4, -0.2) is 0 Å². The lowest BCUT2D eigenvalue weighted by atomic mass is 10.1. The minimum atomic E-state index is 1.25. The van der Waals surface area contributed by atoms with Crippen LogP contribution in [0.2, 0.25) is 0 Å². The fourth-order valence-corrected chi connectivity index (χ4v) is 2.17. The second-order valence-corrected chi connectivity index (χ2v) is 5.61. The molecule has 0 aliphatic rings. The number of unbranched alkanes of at least 4 members (excludes halogenated alkanes) is 3. The summed E-state index contributed by atoms with van der Waals surface area (Å²) in [4.78, 5) is 0. The van der Waals surface area contributed by atoms with Crippen LogP contribution >= 0.6 is 0 Å². The summed E-state index contributed by atoms with van der Waals surface area (Å²) < 4.78 is 0. The molecule has 0 bridgehead atoms. The van der Waals surface area contributed by atoms with Gasteiger partial charge in [0.1, 0.15) is 0 Å². The third kappa shape index (κ3) is 12.2. The van der Waals surface area contributed by atoms with Gasteiger partial charge in [-0.25, -0.2) is 0 Å². The second-order valence-electron chi connectivity index (χ2n) is 5.61. The van der Waals surface area contributed by atoms with Crippen molar-refractivity contribution in [2.45, 2.75) is 39.0 Å². The molecule has 0 radical (unpaired) electrons. The van der Waals surface area contributed by atoms with Crippen molar-refractivity contribution in [3.05, 3.63) is 109 Å². The number of aryl methyl sites for hydroxylation is 1. The SMILES string of the molecule is CCCCCCc1ccccc1.c1ccccc1.c1ccccc1. The third-order valence-corrected chi connectivity index (χ3v) is 3.50. The Balaban J connectivity index is 0.000000200. The summed E-state index contributed by atoms with van der Waals surface area (Å²) in [6.07, 6.45) is 6.69. The lowest BCUT2D eigenvalue weighted by molar-refractivity contribution is 0.667. The molecule has 0 nitrogen and oxygen atoms in total. The van der Waals surface area contributed by atoms with E-state index in [1.165, 1.54) is 37.7 Å². The van der Waals surface area contributed by atoms with Crippen LogP contribution < -0.4 is 0 Å². The first-order valence-electron chi connectivity index (χ1n) is 8.97. The number of hydrogen-bond acceptors (Lipinski definition) is 0. The lowest BCUT2D eigenvalue weighted by Gasteiger charge is -1.99. The summed E-state index contributed by atoms with van der Waals surface area (Å²) in [5.41, 5.74) is 1.48.